The van der Waals surface area contributed by atoms with E-state index in [0.29, 0.717) is 22.3 Å². The van der Waals surface area contributed by atoms with Crippen LogP contribution in [0, 0.1) is 0 Å². The van der Waals surface area contributed by atoms with Crippen molar-refractivity contribution < 1.29 is 29.3 Å². The Morgan fingerprint density at radius 3 is 2.52 bits per heavy atom. The van der Waals surface area contributed by atoms with Crippen molar-refractivity contribution in [2.45, 2.75) is 44.1 Å². The van der Waals surface area contributed by atoms with Gasteiger partial charge in [0.1, 0.15) is 36.4 Å². The highest BCUT2D eigenvalue weighted by molar-refractivity contribution is 6.21. The molecule has 5 rings (SSSR count). The number of rotatable bonds is 6. The van der Waals surface area contributed by atoms with Gasteiger partial charge >= 0.3 is 0 Å². The summed E-state index contributed by atoms with van der Waals surface area (Å²) in [5, 5.41) is 20.6. The Bertz CT molecular complexity index is 1200. The number of imidazole rings is 1. The molecule has 3 aromatic rings. The van der Waals surface area contributed by atoms with Crippen LogP contribution in [0.5, 0.6) is 0 Å². The number of ether oxygens (including phenoxy) is 2. The van der Waals surface area contributed by atoms with E-state index in [1.807, 2.05) is 0 Å². The fourth-order valence-corrected chi connectivity index (χ4v) is 4.29. The van der Waals surface area contributed by atoms with Crippen molar-refractivity contribution in [2.24, 2.45) is 0 Å². The van der Waals surface area contributed by atoms with Gasteiger partial charge in [-0.1, -0.05) is 19.1 Å². The molecule has 1 saturated heterocycles. The summed E-state index contributed by atoms with van der Waals surface area (Å²) in [6, 6.07) is 6.54. The van der Waals surface area contributed by atoms with Crippen molar-refractivity contribution >= 4 is 28.8 Å². The third kappa shape index (κ3) is 3.26. The normalized spacial score (nSPS) is 25.7. The first kappa shape index (κ1) is 21.4. The Balaban J connectivity index is 1.49. The lowest BCUT2D eigenvalue weighted by atomic mass is 10.1. The lowest BCUT2D eigenvalue weighted by molar-refractivity contribution is -0.131. The number of benzene rings is 1. The van der Waals surface area contributed by atoms with Gasteiger partial charge in [0, 0.05) is 0 Å². The Morgan fingerprint density at radius 1 is 1.18 bits per heavy atom. The van der Waals surface area contributed by atoms with Crippen molar-refractivity contribution in [2.75, 3.05) is 12.3 Å². The van der Waals surface area contributed by atoms with E-state index in [0.717, 1.165) is 4.90 Å². The summed E-state index contributed by atoms with van der Waals surface area (Å²) >= 11 is 0. The average molecular weight is 454 g/mol. The van der Waals surface area contributed by atoms with Gasteiger partial charge in [-0.2, -0.15) is 0 Å². The molecule has 2 amide bonds. The number of aliphatic hydroxyl groups excluding tert-OH is 2. The Labute approximate surface area is 187 Å². The van der Waals surface area contributed by atoms with Crippen molar-refractivity contribution in [3.8, 4) is 0 Å². The van der Waals surface area contributed by atoms with Gasteiger partial charge in [-0.05, 0) is 18.6 Å². The quantitative estimate of drug-likeness (QED) is 0.434. The smallest absolute Gasteiger partial charge is 0.263 e. The molecule has 2 aliphatic heterocycles. The van der Waals surface area contributed by atoms with E-state index in [2.05, 4.69) is 15.0 Å². The molecule has 12 heteroatoms. The number of carbonyl (C=O) groups is 2. The van der Waals surface area contributed by atoms with Gasteiger partial charge in [0.25, 0.3) is 11.8 Å². The summed E-state index contributed by atoms with van der Waals surface area (Å²) in [6.45, 7) is 1.29. The average Bonchev–Trinajstić information content (AvgIpc) is 3.46. The number of aliphatic hydroxyl groups is 2. The number of fused-ring (bicyclic) bond motifs is 2. The number of hydrogen-bond donors (Lipinski definition) is 3. The predicted octanol–water partition coefficient (Wildman–Crippen LogP) is 0.0766. The number of imide groups is 1. The van der Waals surface area contributed by atoms with Gasteiger partial charge in [-0.25, -0.2) is 19.9 Å². The van der Waals surface area contributed by atoms with Gasteiger partial charge in [0.05, 0.1) is 24.1 Å². The number of amides is 2. The Morgan fingerprint density at radius 2 is 1.88 bits per heavy atom. The molecule has 0 saturated carbocycles. The molecule has 0 spiro atoms. The Kier molecular flexibility index (Phi) is 5.29. The standard InChI is InChI=1S/C21H22N6O6/c1-2-13(27-19(30)10-5-3-4-6-11(10)20(27)31)33-16-15(29)12(7-28)32-21(16)26-9-25-14-17(22)23-8-24-18(14)26/h3-6,8-9,12-13,15-16,21,28-29H,2,7H2,1H3,(H2,22,23,24)/t12-,13?,15-,16-,21-/m1/s1. The second-order valence-corrected chi connectivity index (χ2v) is 7.81. The van der Waals surface area contributed by atoms with Crippen LogP contribution < -0.4 is 5.73 Å². The van der Waals surface area contributed by atoms with Crippen LogP contribution in [0.2, 0.25) is 0 Å². The molecule has 1 aromatic carbocycles. The van der Waals surface area contributed by atoms with Crippen molar-refractivity contribution in [3.05, 3.63) is 48.0 Å². The molecular formula is C21H22N6O6. The molecule has 33 heavy (non-hydrogen) atoms. The fourth-order valence-electron chi connectivity index (χ4n) is 4.29. The van der Waals surface area contributed by atoms with Gasteiger partial charge in [-0.3, -0.25) is 14.2 Å². The third-order valence-electron chi connectivity index (χ3n) is 5.93. The summed E-state index contributed by atoms with van der Waals surface area (Å²) in [5.74, 6) is -0.773. The number of nitrogens with two attached hydrogens (primary N) is 1. The molecule has 172 valence electrons. The molecule has 4 N–H and O–H groups in total. The second-order valence-electron chi connectivity index (χ2n) is 7.81. The zero-order valence-electron chi connectivity index (χ0n) is 17.6. The van der Waals surface area contributed by atoms with Crippen LogP contribution in [0.15, 0.2) is 36.9 Å². The number of carbonyl (C=O) groups excluding carboxylic acids is 2. The SMILES string of the molecule is CCC(O[C@@H]1[C@H](O)[C@@H](CO)O[C@H]1n1cnc2c(N)ncnc21)N1C(=O)c2ccccc2C1=O. The highest BCUT2D eigenvalue weighted by Crippen LogP contribution is 2.36. The molecule has 0 bridgehead atoms. The number of hydrogen-bond acceptors (Lipinski definition) is 10. The molecule has 5 atom stereocenters. The second kappa shape index (κ2) is 8.15. The van der Waals surface area contributed by atoms with Crippen LogP contribution in [0.25, 0.3) is 11.2 Å². The van der Waals surface area contributed by atoms with E-state index in [4.69, 9.17) is 15.2 Å². The van der Waals surface area contributed by atoms with E-state index in [1.165, 1.54) is 17.2 Å². The molecule has 2 aliphatic rings. The van der Waals surface area contributed by atoms with E-state index in [1.54, 1.807) is 31.2 Å². The van der Waals surface area contributed by atoms with Crippen LogP contribution in [0.1, 0.15) is 40.3 Å². The molecule has 0 aliphatic carbocycles. The van der Waals surface area contributed by atoms with Crippen LogP contribution in [0.4, 0.5) is 5.82 Å². The predicted molar refractivity (Wildman–Crippen MR) is 113 cm³/mol. The largest absolute Gasteiger partial charge is 0.394 e. The fraction of sp³-hybridized carbons (Fsp3) is 0.381. The molecule has 0 radical (unpaired) electrons. The van der Waals surface area contributed by atoms with Crippen molar-refractivity contribution in [1.82, 2.24) is 24.4 Å². The Hall–Kier alpha value is -3.45. The summed E-state index contributed by atoms with van der Waals surface area (Å²) in [5.41, 5.74) is 7.15. The molecule has 4 heterocycles. The van der Waals surface area contributed by atoms with Crippen LogP contribution in [0.3, 0.4) is 0 Å². The minimum atomic E-state index is -1.25. The van der Waals surface area contributed by atoms with Crippen molar-refractivity contribution in [1.29, 1.82) is 0 Å². The van der Waals surface area contributed by atoms with E-state index in [9.17, 15) is 19.8 Å². The van der Waals surface area contributed by atoms with Gasteiger partial charge in [0.15, 0.2) is 17.7 Å². The maximum absolute atomic E-state index is 13.0. The molecule has 1 unspecified atom stereocenters. The molecule has 1 fully saturated rings. The molecule has 2 aromatic heterocycles. The first-order valence-electron chi connectivity index (χ1n) is 10.5. The number of nitrogen functional groups attached to an aromatic ring is 1. The zero-order chi connectivity index (χ0) is 23.3. The first-order chi connectivity index (χ1) is 16.0. The van der Waals surface area contributed by atoms with Gasteiger partial charge < -0.3 is 25.4 Å². The minimum Gasteiger partial charge on any atom is -0.394 e. The van der Waals surface area contributed by atoms with E-state index in [-0.39, 0.29) is 12.2 Å². The number of anilines is 1. The zero-order valence-corrected chi connectivity index (χ0v) is 17.6. The third-order valence-corrected chi connectivity index (χ3v) is 5.93. The topological polar surface area (TPSA) is 166 Å². The number of nitrogens with zero attached hydrogens (tertiary/aromatic N) is 5. The summed E-state index contributed by atoms with van der Waals surface area (Å²) in [6.07, 6.45) is -2.23. The summed E-state index contributed by atoms with van der Waals surface area (Å²) in [7, 11) is 0. The monoisotopic (exact) mass is 454 g/mol. The van der Waals surface area contributed by atoms with Gasteiger partial charge in [-0.15, -0.1) is 0 Å². The highest BCUT2D eigenvalue weighted by Gasteiger charge is 2.49. The van der Waals surface area contributed by atoms with Crippen LogP contribution >= 0.6 is 0 Å². The van der Waals surface area contributed by atoms with Crippen LogP contribution in [-0.2, 0) is 9.47 Å². The van der Waals surface area contributed by atoms with Gasteiger partial charge in [0.2, 0.25) is 0 Å². The summed E-state index contributed by atoms with van der Waals surface area (Å²) in [4.78, 5) is 39.3. The maximum Gasteiger partial charge on any atom is 0.263 e. The lowest BCUT2D eigenvalue weighted by Crippen LogP contribution is -2.46. The lowest BCUT2D eigenvalue weighted by Gasteiger charge is -2.31. The van der Waals surface area contributed by atoms with E-state index < -0.39 is 49.2 Å². The minimum absolute atomic E-state index is 0.172. The van der Waals surface area contributed by atoms with Crippen molar-refractivity contribution in [3.63, 3.8) is 0 Å². The summed E-state index contributed by atoms with van der Waals surface area (Å²) < 4.78 is 13.5. The first-order valence-corrected chi connectivity index (χ1v) is 10.5. The van der Waals surface area contributed by atoms with Crippen LogP contribution in [-0.4, -0.2) is 77.6 Å². The molecule has 12 nitrogen and oxygen atoms in total. The molecular weight excluding hydrogens is 432 g/mol. The number of aromatic nitrogens is 4. The maximum atomic E-state index is 13.0. The highest BCUT2D eigenvalue weighted by atomic mass is 16.6. The van der Waals surface area contributed by atoms with E-state index >= 15 is 0 Å².